The van der Waals surface area contributed by atoms with Crippen molar-refractivity contribution in [3.63, 3.8) is 0 Å². The van der Waals surface area contributed by atoms with Gasteiger partial charge in [-0.15, -0.1) is 0 Å². The number of halogens is 3. The number of hydrogen-bond donors (Lipinski definition) is 1. The zero-order valence-corrected chi connectivity index (χ0v) is 19.1. The van der Waals surface area contributed by atoms with Crippen LogP contribution in [-0.4, -0.2) is 39.5 Å². The predicted molar refractivity (Wildman–Crippen MR) is 118 cm³/mol. The molecule has 1 aliphatic carbocycles. The normalized spacial score (nSPS) is 17.4. The first-order valence-electron chi connectivity index (χ1n) is 11.4. The first-order chi connectivity index (χ1) is 16.1. The van der Waals surface area contributed by atoms with E-state index in [1.165, 1.54) is 12.4 Å². The van der Waals surface area contributed by atoms with E-state index in [1.54, 1.807) is 24.0 Å². The van der Waals surface area contributed by atoms with Crippen LogP contribution in [0.3, 0.4) is 0 Å². The van der Waals surface area contributed by atoms with E-state index in [1.807, 2.05) is 6.92 Å². The lowest BCUT2D eigenvalue weighted by Gasteiger charge is -2.25. The number of ether oxygens (including phenoxy) is 1. The van der Waals surface area contributed by atoms with Crippen molar-refractivity contribution in [3.05, 3.63) is 46.8 Å². The Morgan fingerprint density at radius 1 is 1.26 bits per heavy atom. The molecule has 2 aromatic heterocycles. The fourth-order valence-electron chi connectivity index (χ4n) is 4.55. The summed E-state index contributed by atoms with van der Waals surface area (Å²) in [5.74, 6) is 0.00940. The number of carbonyl (C=O) groups is 2. The molecule has 2 aliphatic rings. The van der Waals surface area contributed by atoms with Gasteiger partial charge in [0.2, 0.25) is 11.8 Å². The minimum atomic E-state index is -4.45. The third-order valence-electron chi connectivity index (χ3n) is 6.47. The second-order valence-corrected chi connectivity index (χ2v) is 8.91. The van der Waals surface area contributed by atoms with Gasteiger partial charge in [0.15, 0.2) is 6.61 Å². The van der Waals surface area contributed by atoms with Crippen molar-refractivity contribution in [2.45, 2.75) is 64.7 Å². The summed E-state index contributed by atoms with van der Waals surface area (Å²) >= 11 is 0. The molecule has 0 aromatic carbocycles. The van der Waals surface area contributed by atoms with Crippen LogP contribution in [0, 0.1) is 12.8 Å². The SMILES string of the molecule is Cc1cc(C(C)N2Cc3c(ccnc3NC(=O)C3CCCCC3)C2=O)cnc1OCC(F)(F)F. The molecule has 34 heavy (non-hydrogen) atoms. The molecular formula is C24H27F3N4O3. The molecule has 1 aliphatic heterocycles. The van der Waals surface area contributed by atoms with Crippen molar-refractivity contribution in [3.8, 4) is 5.88 Å². The van der Waals surface area contributed by atoms with Crippen molar-refractivity contribution in [1.82, 2.24) is 14.9 Å². The van der Waals surface area contributed by atoms with Crippen molar-refractivity contribution < 1.29 is 27.5 Å². The van der Waals surface area contributed by atoms with Gasteiger partial charge in [0.25, 0.3) is 5.91 Å². The Hall–Kier alpha value is -3.17. The van der Waals surface area contributed by atoms with Crippen LogP contribution in [0.5, 0.6) is 5.88 Å². The number of fused-ring (bicyclic) bond motifs is 1. The smallest absolute Gasteiger partial charge is 0.422 e. The van der Waals surface area contributed by atoms with Crippen LogP contribution in [0.15, 0.2) is 24.5 Å². The van der Waals surface area contributed by atoms with Gasteiger partial charge in [-0.3, -0.25) is 9.59 Å². The van der Waals surface area contributed by atoms with Crippen molar-refractivity contribution in [1.29, 1.82) is 0 Å². The second-order valence-electron chi connectivity index (χ2n) is 8.91. The van der Waals surface area contributed by atoms with Crippen molar-refractivity contribution in [2.24, 2.45) is 5.92 Å². The summed E-state index contributed by atoms with van der Waals surface area (Å²) in [5, 5.41) is 2.92. The van der Waals surface area contributed by atoms with Crippen LogP contribution in [0.2, 0.25) is 0 Å². The third kappa shape index (κ3) is 5.15. The molecule has 0 saturated heterocycles. The standard InChI is InChI=1S/C24H27F3N4O3/c1-14-10-17(11-29-22(14)34-13-24(25,26)27)15(2)31-12-19-18(23(31)33)8-9-28-20(19)30-21(32)16-6-4-3-5-7-16/h8-11,15-16H,3-7,12-13H2,1-2H3,(H,28,30,32). The summed E-state index contributed by atoms with van der Waals surface area (Å²) < 4.78 is 42.1. The number of aromatic nitrogens is 2. The van der Waals surface area contributed by atoms with Crippen molar-refractivity contribution in [2.75, 3.05) is 11.9 Å². The summed E-state index contributed by atoms with van der Waals surface area (Å²) in [6.07, 6.45) is 3.42. The summed E-state index contributed by atoms with van der Waals surface area (Å²) in [5.41, 5.74) is 2.26. The third-order valence-corrected chi connectivity index (χ3v) is 6.47. The molecule has 2 amide bonds. The Balaban J connectivity index is 1.49. The van der Waals surface area contributed by atoms with Crippen LogP contribution >= 0.6 is 0 Å². The zero-order valence-electron chi connectivity index (χ0n) is 19.1. The average molecular weight is 476 g/mol. The highest BCUT2D eigenvalue weighted by molar-refractivity contribution is 6.01. The fraction of sp³-hybridized carbons (Fsp3) is 0.500. The number of carbonyl (C=O) groups excluding carboxylic acids is 2. The van der Waals surface area contributed by atoms with Crippen molar-refractivity contribution >= 4 is 17.6 Å². The summed E-state index contributed by atoms with van der Waals surface area (Å²) in [6.45, 7) is 2.27. The molecule has 1 fully saturated rings. The minimum Gasteiger partial charge on any atom is -0.468 e. The highest BCUT2D eigenvalue weighted by atomic mass is 19.4. The first-order valence-corrected chi connectivity index (χ1v) is 11.4. The average Bonchev–Trinajstić information content (AvgIpc) is 3.15. The minimum absolute atomic E-state index is 0.0364. The lowest BCUT2D eigenvalue weighted by Crippen LogP contribution is -2.28. The molecule has 1 saturated carbocycles. The van der Waals surface area contributed by atoms with Gasteiger partial charge in [-0.25, -0.2) is 9.97 Å². The van der Waals surface area contributed by atoms with Gasteiger partial charge in [-0.05, 0) is 44.4 Å². The quantitative estimate of drug-likeness (QED) is 0.637. The van der Waals surface area contributed by atoms with E-state index in [2.05, 4.69) is 15.3 Å². The molecule has 2 aromatic rings. The number of alkyl halides is 3. The molecule has 7 nitrogen and oxygen atoms in total. The van der Waals surface area contributed by atoms with Crippen LogP contribution in [-0.2, 0) is 11.3 Å². The molecule has 4 rings (SSSR count). The molecule has 1 unspecified atom stereocenters. The van der Waals surface area contributed by atoms with Gasteiger partial charge in [0.1, 0.15) is 5.82 Å². The molecular weight excluding hydrogens is 449 g/mol. The van der Waals surface area contributed by atoms with E-state index in [4.69, 9.17) is 4.74 Å². The number of nitrogens with one attached hydrogen (secondary N) is 1. The number of rotatable bonds is 6. The highest BCUT2D eigenvalue weighted by Gasteiger charge is 2.35. The predicted octanol–water partition coefficient (Wildman–Crippen LogP) is 4.96. The number of nitrogens with zero attached hydrogens (tertiary/aromatic N) is 3. The second kappa shape index (κ2) is 9.60. The Bertz CT molecular complexity index is 1080. The first kappa shape index (κ1) is 24.0. The zero-order chi connectivity index (χ0) is 24.5. The van der Waals surface area contributed by atoms with Gasteiger partial charge >= 0.3 is 6.18 Å². The van der Waals surface area contributed by atoms with Gasteiger partial charge < -0.3 is 15.0 Å². The summed E-state index contributed by atoms with van der Waals surface area (Å²) in [4.78, 5) is 35.8. The lowest BCUT2D eigenvalue weighted by molar-refractivity contribution is -0.154. The molecule has 0 bridgehead atoms. The largest absolute Gasteiger partial charge is 0.468 e. The Morgan fingerprint density at radius 3 is 2.68 bits per heavy atom. The van der Waals surface area contributed by atoms with E-state index in [9.17, 15) is 22.8 Å². The van der Waals surface area contributed by atoms with Crippen LogP contribution in [0.25, 0.3) is 0 Å². The van der Waals surface area contributed by atoms with E-state index in [0.29, 0.717) is 28.1 Å². The molecule has 1 N–H and O–H groups in total. The molecule has 1 atom stereocenters. The molecule has 182 valence electrons. The highest BCUT2D eigenvalue weighted by Crippen LogP contribution is 2.35. The Labute approximate surface area is 195 Å². The van der Waals surface area contributed by atoms with Crippen LogP contribution < -0.4 is 10.1 Å². The number of anilines is 1. The topological polar surface area (TPSA) is 84.4 Å². The molecule has 3 heterocycles. The maximum absolute atomic E-state index is 13.1. The van der Waals surface area contributed by atoms with Crippen LogP contribution in [0.4, 0.5) is 19.0 Å². The Morgan fingerprint density at radius 2 is 2.00 bits per heavy atom. The molecule has 0 spiro atoms. The van der Waals surface area contributed by atoms with Gasteiger partial charge in [0, 0.05) is 35.0 Å². The number of pyridine rings is 2. The van der Waals surface area contributed by atoms with E-state index in [0.717, 1.165) is 32.1 Å². The monoisotopic (exact) mass is 476 g/mol. The van der Waals surface area contributed by atoms with E-state index < -0.39 is 18.8 Å². The van der Waals surface area contributed by atoms with E-state index in [-0.39, 0.29) is 30.2 Å². The van der Waals surface area contributed by atoms with Gasteiger partial charge in [0.05, 0.1) is 12.6 Å². The molecule has 0 radical (unpaired) electrons. The number of amides is 2. The van der Waals surface area contributed by atoms with Gasteiger partial charge in [-0.2, -0.15) is 13.2 Å². The lowest BCUT2D eigenvalue weighted by atomic mass is 9.88. The Kier molecular flexibility index (Phi) is 6.77. The van der Waals surface area contributed by atoms with Crippen LogP contribution in [0.1, 0.15) is 72.1 Å². The maximum atomic E-state index is 13.1. The number of aryl methyl sites for hydroxylation is 1. The summed E-state index contributed by atoms with van der Waals surface area (Å²) in [7, 11) is 0. The van der Waals surface area contributed by atoms with E-state index >= 15 is 0 Å². The maximum Gasteiger partial charge on any atom is 0.422 e. The molecule has 10 heteroatoms. The van der Waals surface area contributed by atoms with Gasteiger partial charge in [-0.1, -0.05) is 19.3 Å². The number of hydrogen-bond acceptors (Lipinski definition) is 5. The summed E-state index contributed by atoms with van der Waals surface area (Å²) in [6, 6.07) is 2.91. The fourth-order valence-corrected chi connectivity index (χ4v) is 4.55.